The highest BCUT2D eigenvalue weighted by molar-refractivity contribution is 5.62. The quantitative estimate of drug-likeness (QED) is 0.311. The van der Waals surface area contributed by atoms with Crippen LogP contribution in [0, 0.1) is 0 Å². The molecule has 8 N–H and O–H groups in total. The molecule has 0 spiro atoms. The number of hydrogen-bond donors (Lipinski definition) is 4. The molecule has 0 unspecified atom stereocenters. The molecular formula is C24H22N4O3. The second-order valence-corrected chi connectivity index (χ2v) is 6.84. The minimum Gasteiger partial charge on any atom is -0.457 e. The number of hydrogen-bond acceptors (Lipinski definition) is 7. The van der Waals surface area contributed by atoms with E-state index in [4.69, 9.17) is 37.1 Å². The van der Waals surface area contributed by atoms with E-state index in [1.54, 1.807) is 60.7 Å². The highest BCUT2D eigenvalue weighted by Gasteiger charge is 2.06. The molecule has 0 aliphatic heterocycles. The van der Waals surface area contributed by atoms with Gasteiger partial charge in [-0.25, -0.2) is 0 Å². The van der Waals surface area contributed by atoms with E-state index in [-0.39, 0.29) is 0 Å². The summed E-state index contributed by atoms with van der Waals surface area (Å²) in [5.41, 5.74) is 25.4. The Morgan fingerprint density at radius 2 is 0.710 bits per heavy atom. The average molecular weight is 414 g/mol. The van der Waals surface area contributed by atoms with Crippen molar-refractivity contribution in [3.63, 3.8) is 0 Å². The molecule has 0 saturated carbocycles. The van der Waals surface area contributed by atoms with Crippen LogP contribution in [0.25, 0.3) is 0 Å². The van der Waals surface area contributed by atoms with Crippen LogP contribution in [0.2, 0.25) is 0 Å². The first-order valence-electron chi connectivity index (χ1n) is 9.50. The molecule has 0 bridgehead atoms. The molecule has 156 valence electrons. The first-order chi connectivity index (χ1) is 15.0. The van der Waals surface area contributed by atoms with Crippen LogP contribution in [0.3, 0.4) is 0 Å². The molecule has 0 atom stereocenters. The number of ether oxygens (including phenoxy) is 3. The smallest absolute Gasteiger partial charge is 0.150 e. The van der Waals surface area contributed by atoms with Gasteiger partial charge in [-0.15, -0.1) is 0 Å². The zero-order chi connectivity index (χ0) is 21.8. The number of nitrogens with two attached hydrogens (primary N) is 4. The van der Waals surface area contributed by atoms with Gasteiger partial charge in [-0.3, -0.25) is 0 Å². The summed E-state index contributed by atoms with van der Waals surface area (Å²) in [4.78, 5) is 0. The Labute approximate surface area is 179 Å². The van der Waals surface area contributed by atoms with Gasteiger partial charge in [0, 0.05) is 11.4 Å². The molecule has 4 aromatic rings. The van der Waals surface area contributed by atoms with Gasteiger partial charge in [-0.05, 0) is 84.9 Å². The summed E-state index contributed by atoms with van der Waals surface area (Å²) in [6.07, 6.45) is 0. The van der Waals surface area contributed by atoms with Crippen molar-refractivity contribution in [3.8, 4) is 34.5 Å². The van der Waals surface area contributed by atoms with E-state index in [0.717, 1.165) is 0 Å². The Bertz CT molecular complexity index is 1100. The first kappa shape index (κ1) is 19.8. The summed E-state index contributed by atoms with van der Waals surface area (Å²) >= 11 is 0. The molecule has 4 rings (SSSR count). The van der Waals surface area contributed by atoms with E-state index in [1.807, 2.05) is 24.3 Å². The fourth-order valence-electron chi connectivity index (χ4n) is 2.86. The van der Waals surface area contributed by atoms with E-state index >= 15 is 0 Å². The second-order valence-electron chi connectivity index (χ2n) is 6.84. The Morgan fingerprint density at radius 3 is 1.03 bits per heavy atom. The number of nitrogen functional groups attached to an aromatic ring is 4. The summed E-state index contributed by atoms with van der Waals surface area (Å²) in [7, 11) is 0. The maximum atomic E-state index is 5.92. The van der Waals surface area contributed by atoms with Gasteiger partial charge in [0.05, 0.1) is 11.4 Å². The molecule has 0 aliphatic rings. The predicted molar refractivity (Wildman–Crippen MR) is 124 cm³/mol. The van der Waals surface area contributed by atoms with Gasteiger partial charge in [-0.1, -0.05) is 0 Å². The van der Waals surface area contributed by atoms with Gasteiger partial charge < -0.3 is 37.1 Å². The Hall–Kier alpha value is -4.52. The highest BCUT2D eigenvalue weighted by atomic mass is 16.5. The lowest BCUT2D eigenvalue weighted by Crippen LogP contribution is -1.94. The summed E-state index contributed by atoms with van der Waals surface area (Å²) in [5, 5.41) is 0. The van der Waals surface area contributed by atoms with Crippen LogP contribution < -0.4 is 37.1 Å². The Kier molecular flexibility index (Phi) is 5.40. The van der Waals surface area contributed by atoms with Gasteiger partial charge in [0.25, 0.3) is 0 Å². The fraction of sp³-hybridized carbons (Fsp3) is 0. The lowest BCUT2D eigenvalue weighted by molar-refractivity contribution is 0.465. The summed E-state index contributed by atoms with van der Waals surface area (Å²) in [6.45, 7) is 0. The second kappa shape index (κ2) is 8.46. The highest BCUT2D eigenvalue weighted by Crippen LogP contribution is 2.33. The topological polar surface area (TPSA) is 132 Å². The molecule has 4 aromatic carbocycles. The monoisotopic (exact) mass is 414 g/mol. The van der Waals surface area contributed by atoms with Crippen molar-refractivity contribution in [2.45, 2.75) is 0 Å². The minimum atomic E-state index is 0.475. The predicted octanol–water partition coefficient (Wildman–Crippen LogP) is 5.39. The third-order valence-corrected chi connectivity index (χ3v) is 4.41. The van der Waals surface area contributed by atoms with Crippen molar-refractivity contribution in [1.82, 2.24) is 0 Å². The maximum absolute atomic E-state index is 5.92. The van der Waals surface area contributed by atoms with Crippen molar-refractivity contribution in [1.29, 1.82) is 0 Å². The molecule has 0 amide bonds. The molecule has 0 aromatic heterocycles. The molecule has 31 heavy (non-hydrogen) atoms. The number of anilines is 4. The van der Waals surface area contributed by atoms with Crippen LogP contribution in [0.5, 0.6) is 34.5 Å². The lowest BCUT2D eigenvalue weighted by atomic mass is 10.2. The van der Waals surface area contributed by atoms with Crippen molar-refractivity contribution in [2.24, 2.45) is 0 Å². The standard InChI is InChI=1S/C24H22N4O3/c25-15-1-11-23(21(27)13-15)30-19-7-3-17(4-8-19)29-18-5-9-20(10-6-18)31-24-12-2-16(26)14-22(24)28/h1-14H,25-28H2. The summed E-state index contributed by atoms with van der Waals surface area (Å²) < 4.78 is 17.5. The third-order valence-electron chi connectivity index (χ3n) is 4.41. The molecular weight excluding hydrogens is 392 g/mol. The van der Waals surface area contributed by atoms with Crippen molar-refractivity contribution in [2.75, 3.05) is 22.9 Å². The molecule has 0 aliphatic carbocycles. The molecule has 0 fully saturated rings. The molecule has 0 saturated heterocycles. The van der Waals surface area contributed by atoms with E-state index < -0.39 is 0 Å². The minimum absolute atomic E-state index is 0.475. The van der Waals surface area contributed by atoms with Gasteiger partial charge >= 0.3 is 0 Å². The van der Waals surface area contributed by atoms with Crippen LogP contribution in [0.4, 0.5) is 22.7 Å². The van der Waals surface area contributed by atoms with Gasteiger partial charge in [-0.2, -0.15) is 0 Å². The zero-order valence-corrected chi connectivity index (χ0v) is 16.6. The van der Waals surface area contributed by atoms with Crippen molar-refractivity contribution >= 4 is 22.7 Å². The third kappa shape index (κ3) is 4.91. The molecule has 7 heteroatoms. The summed E-state index contributed by atoms with van der Waals surface area (Å²) in [5.74, 6) is 3.67. The maximum Gasteiger partial charge on any atom is 0.150 e. The van der Waals surface area contributed by atoms with Crippen LogP contribution in [0.15, 0.2) is 84.9 Å². The van der Waals surface area contributed by atoms with Crippen molar-refractivity contribution in [3.05, 3.63) is 84.9 Å². The van der Waals surface area contributed by atoms with E-state index in [9.17, 15) is 0 Å². The normalized spacial score (nSPS) is 10.5. The van der Waals surface area contributed by atoms with Gasteiger partial charge in [0.2, 0.25) is 0 Å². The number of benzene rings is 4. The fourth-order valence-corrected chi connectivity index (χ4v) is 2.86. The Morgan fingerprint density at radius 1 is 0.387 bits per heavy atom. The summed E-state index contributed by atoms with van der Waals surface area (Å²) in [6, 6.07) is 24.7. The van der Waals surface area contributed by atoms with E-state index in [0.29, 0.717) is 57.2 Å². The SMILES string of the molecule is Nc1ccc(Oc2ccc(Oc3ccc(Oc4ccc(N)cc4N)cc3)cc2)c(N)c1. The number of rotatable bonds is 6. The van der Waals surface area contributed by atoms with Crippen LogP contribution in [-0.2, 0) is 0 Å². The largest absolute Gasteiger partial charge is 0.457 e. The van der Waals surface area contributed by atoms with Crippen LogP contribution in [0.1, 0.15) is 0 Å². The molecule has 0 heterocycles. The Balaban J connectivity index is 1.39. The van der Waals surface area contributed by atoms with Crippen LogP contribution >= 0.6 is 0 Å². The first-order valence-corrected chi connectivity index (χ1v) is 9.50. The van der Waals surface area contributed by atoms with Crippen molar-refractivity contribution < 1.29 is 14.2 Å². The van der Waals surface area contributed by atoms with E-state index in [2.05, 4.69) is 0 Å². The molecule has 7 nitrogen and oxygen atoms in total. The van der Waals surface area contributed by atoms with Crippen LogP contribution in [-0.4, -0.2) is 0 Å². The zero-order valence-electron chi connectivity index (χ0n) is 16.6. The molecule has 0 radical (unpaired) electrons. The van der Waals surface area contributed by atoms with E-state index in [1.165, 1.54) is 0 Å². The van der Waals surface area contributed by atoms with Gasteiger partial charge in [0.1, 0.15) is 34.5 Å². The lowest BCUT2D eigenvalue weighted by Gasteiger charge is -2.11. The van der Waals surface area contributed by atoms with Gasteiger partial charge in [0.15, 0.2) is 0 Å². The average Bonchev–Trinajstić information content (AvgIpc) is 2.75.